The lowest BCUT2D eigenvalue weighted by atomic mass is 9.96. The first kappa shape index (κ1) is 14.1. The fraction of sp³-hybridized carbons (Fsp3) is 0.389. The average molecular weight is 282 g/mol. The molecule has 0 saturated carbocycles. The van der Waals surface area contributed by atoms with Gasteiger partial charge in [-0.2, -0.15) is 0 Å². The van der Waals surface area contributed by atoms with Crippen molar-refractivity contribution in [1.82, 2.24) is 4.90 Å². The topological polar surface area (TPSA) is 46.3 Å². The molecule has 1 saturated heterocycles. The zero-order valence-electron chi connectivity index (χ0n) is 12.5. The lowest BCUT2D eigenvalue weighted by Crippen LogP contribution is -2.43. The summed E-state index contributed by atoms with van der Waals surface area (Å²) >= 11 is 0. The minimum Gasteiger partial charge on any atom is -0.341 e. The van der Waals surface area contributed by atoms with E-state index in [1.165, 1.54) is 10.8 Å². The maximum Gasteiger partial charge on any atom is 0.225 e. The summed E-state index contributed by atoms with van der Waals surface area (Å²) in [6.07, 6.45) is 2.08. The van der Waals surface area contributed by atoms with Gasteiger partial charge in [0.1, 0.15) is 0 Å². The number of nitrogens with two attached hydrogens (primary N) is 1. The summed E-state index contributed by atoms with van der Waals surface area (Å²) in [4.78, 5) is 14.2. The molecule has 110 valence electrons. The third kappa shape index (κ3) is 2.79. The van der Waals surface area contributed by atoms with Gasteiger partial charge in [0.15, 0.2) is 0 Å². The molecule has 1 aliphatic heterocycles. The van der Waals surface area contributed by atoms with Crippen LogP contribution in [0, 0.1) is 5.92 Å². The zero-order chi connectivity index (χ0) is 14.8. The Bertz CT molecular complexity index is 647. The van der Waals surface area contributed by atoms with Gasteiger partial charge < -0.3 is 10.6 Å². The smallest absolute Gasteiger partial charge is 0.225 e. The van der Waals surface area contributed by atoms with Gasteiger partial charge in [-0.05, 0) is 29.2 Å². The summed E-state index contributed by atoms with van der Waals surface area (Å²) in [5, 5.41) is 2.38. The van der Waals surface area contributed by atoms with Crippen LogP contribution in [0.4, 0.5) is 0 Å². The van der Waals surface area contributed by atoms with Gasteiger partial charge in [0.2, 0.25) is 5.91 Å². The van der Waals surface area contributed by atoms with Crippen LogP contribution in [0.2, 0.25) is 0 Å². The molecule has 2 unspecified atom stereocenters. The SMILES string of the molecule is CC1CCCN(CC(N)c2cccc3ccccc23)C1=O. The number of hydrogen-bond acceptors (Lipinski definition) is 2. The van der Waals surface area contributed by atoms with Gasteiger partial charge in [0.25, 0.3) is 0 Å². The summed E-state index contributed by atoms with van der Waals surface area (Å²) < 4.78 is 0. The predicted octanol–water partition coefficient (Wildman–Crippen LogP) is 3.10. The minimum absolute atomic E-state index is 0.134. The second-order valence-electron chi connectivity index (χ2n) is 6.00. The quantitative estimate of drug-likeness (QED) is 0.940. The molecule has 1 fully saturated rings. The molecule has 2 atom stereocenters. The monoisotopic (exact) mass is 282 g/mol. The van der Waals surface area contributed by atoms with Crippen molar-refractivity contribution in [3.63, 3.8) is 0 Å². The molecule has 0 bridgehead atoms. The molecule has 2 aromatic rings. The van der Waals surface area contributed by atoms with E-state index < -0.39 is 0 Å². The molecular weight excluding hydrogens is 260 g/mol. The Morgan fingerprint density at radius 1 is 1.24 bits per heavy atom. The third-order valence-electron chi connectivity index (χ3n) is 4.44. The highest BCUT2D eigenvalue weighted by Gasteiger charge is 2.26. The highest BCUT2D eigenvalue weighted by molar-refractivity contribution is 5.86. The Kier molecular flexibility index (Phi) is 3.93. The van der Waals surface area contributed by atoms with Crippen LogP contribution in [-0.2, 0) is 4.79 Å². The van der Waals surface area contributed by atoms with Crippen molar-refractivity contribution in [1.29, 1.82) is 0 Å². The van der Waals surface area contributed by atoms with E-state index in [-0.39, 0.29) is 17.9 Å². The first-order valence-corrected chi connectivity index (χ1v) is 7.69. The molecule has 1 amide bonds. The number of fused-ring (bicyclic) bond motifs is 1. The van der Waals surface area contributed by atoms with E-state index in [4.69, 9.17) is 5.73 Å². The zero-order valence-corrected chi connectivity index (χ0v) is 12.5. The molecular formula is C18H22N2O. The number of likely N-dealkylation sites (tertiary alicyclic amines) is 1. The Morgan fingerprint density at radius 2 is 2.00 bits per heavy atom. The van der Waals surface area contributed by atoms with Gasteiger partial charge >= 0.3 is 0 Å². The lowest BCUT2D eigenvalue weighted by molar-refractivity contribution is -0.138. The number of hydrogen-bond donors (Lipinski definition) is 1. The molecule has 2 N–H and O–H groups in total. The molecule has 3 nitrogen and oxygen atoms in total. The van der Waals surface area contributed by atoms with Gasteiger partial charge in [0, 0.05) is 25.0 Å². The van der Waals surface area contributed by atoms with Crippen molar-refractivity contribution in [3.05, 3.63) is 48.0 Å². The van der Waals surface area contributed by atoms with E-state index in [0.717, 1.165) is 24.9 Å². The summed E-state index contributed by atoms with van der Waals surface area (Å²) in [6, 6.07) is 14.3. The number of piperidine rings is 1. The molecule has 0 aliphatic carbocycles. The average Bonchev–Trinajstić information content (AvgIpc) is 2.51. The van der Waals surface area contributed by atoms with Crippen molar-refractivity contribution >= 4 is 16.7 Å². The first-order valence-electron chi connectivity index (χ1n) is 7.69. The number of rotatable bonds is 3. The van der Waals surface area contributed by atoms with Gasteiger partial charge in [0.05, 0.1) is 0 Å². The van der Waals surface area contributed by atoms with E-state index >= 15 is 0 Å². The van der Waals surface area contributed by atoms with Crippen LogP contribution >= 0.6 is 0 Å². The Labute approximate surface area is 125 Å². The van der Waals surface area contributed by atoms with Crippen LogP contribution in [0.1, 0.15) is 31.4 Å². The maximum absolute atomic E-state index is 12.2. The molecule has 0 radical (unpaired) electrons. The van der Waals surface area contributed by atoms with E-state index in [2.05, 4.69) is 24.3 Å². The first-order chi connectivity index (χ1) is 10.2. The molecule has 2 aromatic carbocycles. The number of nitrogens with zero attached hydrogens (tertiary/aromatic N) is 1. The number of carbonyl (C=O) groups is 1. The van der Waals surface area contributed by atoms with Crippen molar-refractivity contribution in [3.8, 4) is 0 Å². The van der Waals surface area contributed by atoms with Gasteiger partial charge in [-0.3, -0.25) is 4.79 Å². The summed E-state index contributed by atoms with van der Waals surface area (Å²) in [5.74, 6) is 0.385. The minimum atomic E-state index is -0.134. The van der Waals surface area contributed by atoms with Crippen LogP contribution in [0.3, 0.4) is 0 Å². The summed E-state index contributed by atoms with van der Waals surface area (Å²) in [5.41, 5.74) is 7.53. The van der Waals surface area contributed by atoms with Crippen molar-refractivity contribution in [2.75, 3.05) is 13.1 Å². The number of benzene rings is 2. The second kappa shape index (κ2) is 5.86. The van der Waals surface area contributed by atoms with Gasteiger partial charge in [-0.1, -0.05) is 49.4 Å². The van der Waals surface area contributed by atoms with Crippen LogP contribution in [0.15, 0.2) is 42.5 Å². The molecule has 1 heterocycles. The van der Waals surface area contributed by atoms with Crippen molar-refractivity contribution in [2.45, 2.75) is 25.8 Å². The Morgan fingerprint density at radius 3 is 2.86 bits per heavy atom. The third-order valence-corrected chi connectivity index (χ3v) is 4.44. The van der Waals surface area contributed by atoms with Crippen LogP contribution in [0.25, 0.3) is 10.8 Å². The second-order valence-corrected chi connectivity index (χ2v) is 6.00. The fourth-order valence-electron chi connectivity index (χ4n) is 3.22. The maximum atomic E-state index is 12.2. The van der Waals surface area contributed by atoms with Crippen molar-refractivity contribution in [2.24, 2.45) is 11.7 Å². The van der Waals surface area contributed by atoms with E-state index in [1.54, 1.807) is 0 Å². The summed E-state index contributed by atoms with van der Waals surface area (Å²) in [7, 11) is 0. The summed E-state index contributed by atoms with van der Waals surface area (Å²) in [6.45, 7) is 3.46. The normalized spacial score (nSPS) is 20.8. The lowest BCUT2D eigenvalue weighted by Gasteiger charge is -2.32. The molecule has 0 aromatic heterocycles. The molecule has 3 heteroatoms. The van der Waals surface area contributed by atoms with Crippen LogP contribution in [0.5, 0.6) is 0 Å². The van der Waals surface area contributed by atoms with E-state index in [9.17, 15) is 4.79 Å². The highest BCUT2D eigenvalue weighted by atomic mass is 16.2. The van der Waals surface area contributed by atoms with E-state index in [0.29, 0.717) is 6.54 Å². The number of carbonyl (C=O) groups excluding carboxylic acids is 1. The highest BCUT2D eigenvalue weighted by Crippen LogP contribution is 2.25. The van der Waals surface area contributed by atoms with Gasteiger partial charge in [-0.15, -0.1) is 0 Å². The standard InChI is InChI=1S/C18H22N2O/c1-13-6-5-11-20(18(13)21)12-17(19)16-10-4-8-14-7-2-3-9-15(14)16/h2-4,7-10,13,17H,5-6,11-12,19H2,1H3. The molecule has 3 rings (SSSR count). The van der Waals surface area contributed by atoms with Crippen molar-refractivity contribution < 1.29 is 4.79 Å². The predicted molar refractivity (Wildman–Crippen MR) is 85.9 cm³/mol. The largest absolute Gasteiger partial charge is 0.341 e. The molecule has 0 spiro atoms. The van der Waals surface area contributed by atoms with Gasteiger partial charge in [-0.25, -0.2) is 0 Å². The fourth-order valence-corrected chi connectivity index (χ4v) is 3.22. The Hall–Kier alpha value is -1.87. The molecule has 1 aliphatic rings. The molecule has 21 heavy (non-hydrogen) atoms. The van der Waals surface area contributed by atoms with Crippen LogP contribution in [-0.4, -0.2) is 23.9 Å². The number of amides is 1. The Balaban J connectivity index is 1.84. The van der Waals surface area contributed by atoms with E-state index in [1.807, 2.05) is 30.0 Å². The van der Waals surface area contributed by atoms with Crippen LogP contribution < -0.4 is 5.73 Å².